The van der Waals surface area contributed by atoms with Crippen LogP contribution < -0.4 is 0 Å². The Kier molecular flexibility index (Phi) is 5.59. The average Bonchev–Trinajstić information content (AvgIpc) is 3.38. The highest BCUT2D eigenvalue weighted by Crippen LogP contribution is 2.30. The van der Waals surface area contributed by atoms with Gasteiger partial charge in [0.1, 0.15) is 24.2 Å². The summed E-state index contributed by atoms with van der Waals surface area (Å²) in [4.78, 5) is 4.57. The lowest BCUT2D eigenvalue weighted by atomic mass is 10.0. The van der Waals surface area contributed by atoms with Gasteiger partial charge >= 0.3 is 0 Å². The molecular weight excluding hydrogens is 359 g/mol. The Morgan fingerprint density at radius 2 is 1.96 bits per heavy atom. The smallest absolute Gasteiger partial charge is 0.173 e. The average molecular weight is 382 g/mol. The van der Waals surface area contributed by atoms with Gasteiger partial charge in [-0.3, -0.25) is 9.80 Å². The van der Waals surface area contributed by atoms with Gasteiger partial charge in [0, 0.05) is 38.3 Å². The summed E-state index contributed by atoms with van der Waals surface area (Å²) in [6.45, 7) is 8.42. The van der Waals surface area contributed by atoms with Gasteiger partial charge in [-0.05, 0) is 28.6 Å². The molecule has 3 aromatic rings. The van der Waals surface area contributed by atoms with Crippen LogP contribution in [0.25, 0.3) is 0 Å². The van der Waals surface area contributed by atoms with E-state index in [4.69, 9.17) is 4.42 Å². The second kappa shape index (κ2) is 8.45. The van der Waals surface area contributed by atoms with Crippen molar-refractivity contribution in [3.8, 4) is 0 Å². The summed E-state index contributed by atoms with van der Waals surface area (Å²) in [5.41, 5.74) is 0.579. The SMILES string of the molecule is C=CCN1CCN([C@H](c2ccccc2F)c2nnnn2Cc2ccco2)CC1. The standard InChI is InChI=1S/C20H23FN6O/c1-2-9-25-10-12-26(13-11-25)19(17-7-3-4-8-18(17)21)20-22-23-24-27(20)15-16-6-5-14-28-16/h2-8,14,19H,1,9-13,15H2/t19-/m1/s1. The Hall–Kier alpha value is -2.84. The van der Waals surface area contributed by atoms with Crippen molar-refractivity contribution in [1.29, 1.82) is 0 Å². The van der Waals surface area contributed by atoms with Gasteiger partial charge in [-0.2, -0.15) is 0 Å². The van der Waals surface area contributed by atoms with E-state index in [1.54, 1.807) is 17.0 Å². The Labute approximate surface area is 163 Å². The van der Waals surface area contributed by atoms with Crippen molar-refractivity contribution in [3.63, 3.8) is 0 Å². The number of piperazine rings is 1. The van der Waals surface area contributed by atoms with Crippen LogP contribution >= 0.6 is 0 Å². The first-order chi connectivity index (χ1) is 13.8. The zero-order valence-electron chi connectivity index (χ0n) is 15.6. The Balaban J connectivity index is 1.66. The van der Waals surface area contributed by atoms with E-state index in [9.17, 15) is 4.39 Å². The number of hydrogen-bond donors (Lipinski definition) is 0. The van der Waals surface area contributed by atoms with E-state index in [2.05, 4.69) is 31.9 Å². The first kappa shape index (κ1) is 18.5. The number of tetrazole rings is 1. The minimum absolute atomic E-state index is 0.256. The van der Waals surface area contributed by atoms with Crippen LogP contribution in [0.4, 0.5) is 4.39 Å². The minimum atomic E-state index is -0.364. The summed E-state index contributed by atoms with van der Waals surface area (Å²) in [6, 6.07) is 10.2. The maximum atomic E-state index is 14.7. The quantitative estimate of drug-likeness (QED) is 0.585. The van der Waals surface area contributed by atoms with E-state index >= 15 is 0 Å². The highest BCUT2D eigenvalue weighted by molar-refractivity contribution is 5.27. The number of furan rings is 1. The molecule has 4 rings (SSSR count). The third kappa shape index (κ3) is 3.88. The van der Waals surface area contributed by atoms with Gasteiger partial charge < -0.3 is 4.42 Å². The molecule has 0 saturated carbocycles. The van der Waals surface area contributed by atoms with E-state index in [1.165, 1.54) is 6.07 Å². The first-order valence-electron chi connectivity index (χ1n) is 9.36. The van der Waals surface area contributed by atoms with Crippen LogP contribution in [0.2, 0.25) is 0 Å². The summed E-state index contributed by atoms with van der Waals surface area (Å²) in [5, 5.41) is 12.3. The van der Waals surface area contributed by atoms with Crippen molar-refractivity contribution in [1.82, 2.24) is 30.0 Å². The van der Waals surface area contributed by atoms with Crippen molar-refractivity contribution in [2.45, 2.75) is 12.6 Å². The van der Waals surface area contributed by atoms with E-state index in [0.717, 1.165) is 38.5 Å². The van der Waals surface area contributed by atoms with Gasteiger partial charge in [-0.15, -0.1) is 11.7 Å². The topological polar surface area (TPSA) is 63.2 Å². The summed E-state index contributed by atoms with van der Waals surface area (Å²) in [5.74, 6) is 1.10. The molecule has 2 aromatic heterocycles. The van der Waals surface area contributed by atoms with Gasteiger partial charge in [-0.1, -0.05) is 24.3 Å². The molecule has 0 bridgehead atoms. The van der Waals surface area contributed by atoms with Gasteiger partial charge in [0.05, 0.1) is 6.26 Å². The molecule has 28 heavy (non-hydrogen) atoms. The van der Waals surface area contributed by atoms with Crippen LogP contribution in [0.15, 0.2) is 59.7 Å². The van der Waals surface area contributed by atoms with Crippen LogP contribution in [0, 0.1) is 5.82 Å². The Bertz CT molecular complexity index is 901. The van der Waals surface area contributed by atoms with Gasteiger partial charge in [0.25, 0.3) is 0 Å². The molecule has 0 radical (unpaired) electrons. The van der Waals surface area contributed by atoms with Gasteiger partial charge in [-0.25, -0.2) is 9.07 Å². The molecule has 7 nitrogen and oxygen atoms in total. The van der Waals surface area contributed by atoms with Crippen molar-refractivity contribution in [2.75, 3.05) is 32.7 Å². The molecule has 0 spiro atoms. The summed E-state index contributed by atoms with van der Waals surface area (Å²) in [7, 11) is 0. The molecule has 1 fully saturated rings. The summed E-state index contributed by atoms with van der Waals surface area (Å²) < 4.78 is 21.9. The van der Waals surface area contributed by atoms with Crippen LogP contribution in [-0.4, -0.2) is 62.7 Å². The summed E-state index contributed by atoms with van der Waals surface area (Å²) in [6.07, 6.45) is 3.53. The molecular formula is C20H23FN6O. The van der Waals surface area contributed by atoms with E-state index in [0.29, 0.717) is 17.9 Å². The van der Waals surface area contributed by atoms with Crippen molar-refractivity contribution < 1.29 is 8.81 Å². The fourth-order valence-corrected chi connectivity index (χ4v) is 3.65. The second-order valence-corrected chi connectivity index (χ2v) is 6.82. The maximum Gasteiger partial charge on any atom is 0.173 e. The van der Waals surface area contributed by atoms with E-state index in [-0.39, 0.29) is 11.9 Å². The molecule has 0 aliphatic carbocycles. The van der Waals surface area contributed by atoms with Gasteiger partial charge in [0.2, 0.25) is 0 Å². The number of rotatable bonds is 7. The molecule has 0 unspecified atom stereocenters. The van der Waals surface area contributed by atoms with Crippen LogP contribution in [-0.2, 0) is 6.54 Å². The Morgan fingerprint density at radius 1 is 1.14 bits per heavy atom. The molecule has 1 saturated heterocycles. The zero-order valence-corrected chi connectivity index (χ0v) is 15.6. The highest BCUT2D eigenvalue weighted by atomic mass is 19.1. The second-order valence-electron chi connectivity index (χ2n) is 6.82. The van der Waals surface area contributed by atoms with Crippen molar-refractivity contribution >= 4 is 0 Å². The number of halogens is 1. The summed E-state index contributed by atoms with van der Waals surface area (Å²) >= 11 is 0. The number of aromatic nitrogens is 4. The van der Waals surface area contributed by atoms with E-state index in [1.807, 2.05) is 30.3 Å². The van der Waals surface area contributed by atoms with Crippen LogP contribution in [0.3, 0.4) is 0 Å². The highest BCUT2D eigenvalue weighted by Gasteiger charge is 2.32. The molecule has 0 N–H and O–H groups in total. The van der Waals surface area contributed by atoms with Crippen molar-refractivity contribution in [3.05, 3.63) is 78.3 Å². The third-order valence-corrected chi connectivity index (χ3v) is 5.05. The first-order valence-corrected chi connectivity index (χ1v) is 9.36. The van der Waals surface area contributed by atoms with E-state index < -0.39 is 0 Å². The zero-order chi connectivity index (χ0) is 19.3. The normalized spacial score (nSPS) is 16.9. The monoisotopic (exact) mass is 382 g/mol. The predicted molar refractivity (Wildman–Crippen MR) is 102 cm³/mol. The van der Waals surface area contributed by atoms with Gasteiger partial charge in [0.15, 0.2) is 5.82 Å². The van der Waals surface area contributed by atoms with Crippen LogP contribution in [0.5, 0.6) is 0 Å². The fourth-order valence-electron chi connectivity index (χ4n) is 3.65. The number of nitrogens with zero attached hydrogens (tertiary/aromatic N) is 6. The molecule has 3 heterocycles. The van der Waals surface area contributed by atoms with Crippen molar-refractivity contribution in [2.24, 2.45) is 0 Å². The largest absolute Gasteiger partial charge is 0.467 e. The minimum Gasteiger partial charge on any atom is -0.467 e. The molecule has 1 aromatic carbocycles. The Morgan fingerprint density at radius 3 is 2.68 bits per heavy atom. The molecule has 1 atom stereocenters. The lowest BCUT2D eigenvalue weighted by Crippen LogP contribution is -2.48. The molecule has 146 valence electrons. The molecule has 0 amide bonds. The maximum absolute atomic E-state index is 14.7. The predicted octanol–water partition coefficient (Wildman–Crippen LogP) is 2.35. The molecule has 1 aliphatic rings. The lowest BCUT2D eigenvalue weighted by Gasteiger charge is -2.38. The number of benzene rings is 1. The third-order valence-electron chi connectivity index (χ3n) is 5.05. The number of hydrogen-bond acceptors (Lipinski definition) is 6. The fraction of sp³-hybridized carbons (Fsp3) is 0.350. The molecule has 1 aliphatic heterocycles. The lowest BCUT2D eigenvalue weighted by molar-refractivity contribution is 0.111. The molecule has 8 heteroatoms. The van der Waals surface area contributed by atoms with Crippen LogP contribution in [0.1, 0.15) is 23.2 Å².